The van der Waals surface area contributed by atoms with Gasteiger partial charge in [-0.25, -0.2) is 0 Å². The van der Waals surface area contributed by atoms with Crippen molar-refractivity contribution in [2.75, 3.05) is 13.2 Å². The van der Waals surface area contributed by atoms with Gasteiger partial charge in [0.25, 0.3) is 0 Å². The second kappa shape index (κ2) is 14.6. The highest BCUT2D eigenvalue weighted by molar-refractivity contribution is 5.37. The van der Waals surface area contributed by atoms with E-state index in [0.29, 0.717) is 11.8 Å². The molecule has 0 N–H and O–H groups in total. The first-order valence-electron chi connectivity index (χ1n) is 14.3. The molecule has 3 heteroatoms. The Morgan fingerprint density at radius 1 is 0.462 bits per heavy atom. The van der Waals surface area contributed by atoms with Crippen LogP contribution < -0.4 is 9.47 Å². The molecule has 0 fully saturated rings. The summed E-state index contributed by atoms with van der Waals surface area (Å²) in [6, 6.07) is 37.6. The molecular weight excluding hydrogens is 480 g/mol. The van der Waals surface area contributed by atoms with E-state index in [1.165, 1.54) is 0 Å². The van der Waals surface area contributed by atoms with Crippen LogP contribution in [0.2, 0.25) is 0 Å². The molecular formula is C36H42O3. The van der Waals surface area contributed by atoms with E-state index in [1.807, 2.05) is 12.1 Å². The Morgan fingerprint density at radius 3 is 1.13 bits per heavy atom. The molecule has 0 saturated heterocycles. The summed E-state index contributed by atoms with van der Waals surface area (Å²) >= 11 is 0. The van der Waals surface area contributed by atoms with Crippen LogP contribution in [0.5, 0.6) is 11.5 Å². The zero-order chi connectivity index (χ0) is 27.5. The molecule has 0 spiro atoms. The lowest BCUT2D eigenvalue weighted by Gasteiger charge is -2.27. The van der Waals surface area contributed by atoms with Crippen molar-refractivity contribution < 1.29 is 14.2 Å². The number of ether oxygens (including phenoxy) is 3. The quantitative estimate of drug-likeness (QED) is 0.165. The Kier molecular flexibility index (Phi) is 10.6. The molecule has 39 heavy (non-hydrogen) atoms. The fraction of sp³-hybridized carbons (Fsp3) is 0.333. The van der Waals surface area contributed by atoms with Crippen molar-refractivity contribution >= 4 is 0 Å². The summed E-state index contributed by atoms with van der Waals surface area (Å²) in [7, 11) is 0. The lowest BCUT2D eigenvalue weighted by atomic mass is 9.97. The molecule has 4 unspecified atom stereocenters. The van der Waals surface area contributed by atoms with E-state index < -0.39 is 0 Å². The third kappa shape index (κ3) is 8.21. The lowest BCUT2D eigenvalue weighted by molar-refractivity contribution is 0.0308. The van der Waals surface area contributed by atoms with E-state index >= 15 is 0 Å². The van der Waals surface area contributed by atoms with Crippen LogP contribution in [0, 0.1) is 11.8 Å². The molecule has 4 atom stereocenters. The molecule has 0 aliphatic carbocycles. The maximum absolute atomic E-state index is 7.02. The minimum Gasteiger partial charge on any atom is -0.493 e. The Hall–Kier alpha value is -3.56. The van der Waals surface area contributed by atoms with Gasteiger partial charge >= 0.3 is 0 Å². The summed E-state index contributed by atoms with van der Waals surface area (Å²) in [5, 5.41) is 0. The van der Waals surface area contributed by atoms with Crippen LogP contribution in [0.15, 0.2) is 109 Å². The number of rotatable bonds is 14. The van der Waals surface area contributed by atoms with Crippen molar-refractivity contribution in [3.8, 4) is 11.5 Å². The van der Waals surface area contributed by atoms with Crippen molar-refractivity contribution in [3.05, 3.63) is 131 Å². The number of hydrogen-bond donors (Lipinski definition) is 0. The first kappa shape index (κ1) is 28.4. The van der Waals surface area contributed by atoms with Gasteiger partial charge < -0.3 is 14.2 Å². The van der Waals surface area contributed by atoms with Gasteiger partial charge in [-0.05, 0) is 58.4 Å². The van der Waals surface area contributed by atoms with Gasteiger partial charge in [0.1, 0.15) is 23.7 Å². The summed E-state index contributed by atoms with van der Waals surface area (Å²) < 4.78 is 19.1. The average Bonchev–Trinajstić information content (AvgIpc) is 3.00. The normalized spacial score (nSPS) is 14.3. The highest BCUT2D eigenvalue weighted by Crippen LogP contribution is 2.37. The minimum atomic E-state index is -0.249. The molecule has 204 valence electrons. The summed E-state index contributed by atoms with van der Waals surface area (Å²) in [6.45, 7) is 10.2. The van der Waals surface area contributed by atoms with E-state index in [4.69, 9.17) is 14.2 Å². The van der Waals surface area contributed by atoms with Crippen LogP contribution in [-0.2, 0) is 4.74 Å². The Morgan fingerprint density at radius 2 is 0.795 bits per heavy atom. The summed E-state index contributed by atoms with van der Waals surface area (Å²) in [6.07, 6.45) is 1.71. The highest BCUT2D eigenvalue weighted by atomic mass is 16.5. The van der Waals surface area contributed by atoms with Crippen LogP contribution in [0.1, 0.15) is 75.0 Å². The Balaban J connectivity index is 1.62. The molecule has 4 aromatic rings. The summed E-state index contributed by atoms with van der Waals surface area (Å²) in [5.41, 5.74) is 4.40. The lowest BCUT2D eigenvalue weighted by Crippen LogP contribution is -2.14. The van der Waals surface area contributed by atoms with Gasteiger partial charge in [-0.15, -0.1) is 0 Å². The SMILES string of the molecule is CCC(C)COc1ccc(C(OC(c2ccccc2)c2ccc(OCC(C)CC)cc2)c2ccccc2)cc1. The van der Waals surface area contributed by atoms with Gasteiger partial charge in [-0.3, -0.25) is 0 Å². The van der Waals surface area contributed by atoms with Crippen LogP contribution in [0.25, 0.3) is 0 Å². The van der Waals surface area contributed by atoms with Crippen LogP contribution >= 0.6 is 0 Å². The van der Waals surface area contributed by atoms with Gasteiger partial charge in [0.2, 0.25) is 0 Å². The standard InChI is InChI=1S/C36H42O3/c1-5-27(3)25-37-33-21-17-31(18-22-33)35(29-13-9-7-10-14-29)39-36(30-15-11-8-12-16-30)32-19-23-34(24-20-32)38-26-28(4)6-2/h7-24,27-28,35-36H,5-6,25-26H2,1-4H3. The van der Waals surface area contributed by atoms with Crippen molar-refractivity contribution in [1.29, 1.82) is 0 Å². The third-order valence-electron chi connectivity index (χ3n) is 7.31. The maximum Gasteiger partial charge on any atom is 0.119 e. The summed E-state index contributed by atoms with van der Waals surface area (Å²) in [5.74, 6) is 2.84. The molecule has 0 saturated carbocycles. The van der Waals surface area contributed by atoms with Crippen LogP contribution in [-0.4, -0.2) is 13.2 Å². The van der Waals surface area contributed by atoms with Gasteiger partial charge in [-0.2, -0.15) is 0 Å². The Labute approximate surface area is 234 Å². The molecule has 0 amide bonds. The van der Waals surface area contributed by atoms with E-state index in [2.05, 4.69) is 125 Å². The van der Waals surface area contributed by atoms with Crippen LogP contribution in [0.4, 0.5) is 0 Å². The number of benzene rings is 4. The first-order valence-corrected chi connectivity index (χ1v) is 14.3. The molecule has 0 radical (unpaired) electrons. The molecule has 0 aromatic heterocycles. The fourth-order valence-electron chi connectivity index (χ4n) is 4.28. The van der Waals surface area contributed by atoms with E-state index in [9.17, 15) is 0 Å². The van der Waals surface area contributed by atoms with Crippen molar-refractivity contribution in [2.24, 2.45) is 11.8 Å². The van der Waals surface area contributed by atoms with Gasteiger partial charge in [0, 0.05) is 0 Å². The molecule has 3 nitrogen and oxygen atoms in total. The topological polar surface area (TPSA) is 27.7 Å². The Bertz CT molecular complexity index is 1120. The maximum atomic E-state index is 7.02. The predicted octanol–water partition coefficient (Wildman–Crippen LogP) is 9.43. The van der Waals surface area contributed by atoms with Crippen LogP contribution in [0.3, 0.4) is 0 Å². The van der Waals surface area contributed by atoms with Gasteiger partial charge in [-0.1, -0.05) is 125 Å². The largest absolute Gasteiger partial charge is 0.493 e. The van der Waals surface area contributed by atoms with Gasteiger partial charge in [0.05, 0.1) is 13.2 Å². The molecule has 0 bridgehead atoms. The highest BCUT2D eigenvalue weighted by Gasteiger charge is 2.23. The van der Waals surface area contributed by atoms with E-state index in [1.54, 1.807) is 0 Å². The molecule has 4 rings (SSSR count). The van der Waals surface area contributed by atoms with Crippen molar-refractivity contribution in [2.45, 2.75) is 52.7 Å². The van der Waals surface area contributed by atoms with E-state index in [-0.39, 0.29) is 12.2 Å². The van der Waals surface area contributed by atoms with Gasteiger partial charge in [0.15, 0.2) is 0 Å². The van der Waals surface area contributed by atoms with E-state index in [0.717, 1.165) is 59.8 Å². The first-order chi connectivity index (χ1) is 19.1. The molecule has 4 aromatic carbocycles. The molecule has 0 aliphatic rings. The fourth-order valence-corrected chi connectivity index (χ4v) is 4.28. The van der Waals surface area contributed by atoms with Crippen molar-refractivity contribution in [3.63, 3.8) is 0 Å². The van der Waals surface area contributed by atoms with Crippen molar-refractivity contribution in [1.82, 2.24) is 0 Å². The molecule has 0 aliphatic heterocycles. The zero-order valence-electron chi connectivity index (χ0n) is 23.8. The third-order valence-corrected chi connectivity index (χ3v) is 7.31. The second-order valence-corrected chi connectivity index (χ2v) is 10.5. The monoisotopic (exact) mass is 522 g/mol. The second-order valence-electron chi connectivity index (χ2n) is 10.5. The summed E-state index contributed by atoms with van der Waals surface area (Å²) in [4.78, 5) is 0. The minimum absolute atomic E-state index is 0.249. The number of hydrogen-bond acceptors (Lipinski definition) is 3. The zero-order valence-corrected chi connectivity index (χ0v) is 23.8. The smallest absolute Gasteiger partial charge is 0.119 e. The average molecular weight is 523 g/mol. The molecule has 0 heterocycles. The predicted molar refractivity (Wildman–Crippen MR) is 160 cm³/mol.